The Morgan fingerprint density at radius 3 is 2.03 bits per heavy atom. The number of rotatable bonds is 10. The van der Waals surface area contributed by atoms with E-state index < -0.39 is 22.0 Å². The molecule has 0 radical (unpaired) electrons. The van der Waals surface area contributed by atoms with Gasteiger partial charge < -0.3 is 10.2 Å². The summed E-state index contributed by atoms with van der Waals surface area (Å²) in [6, 6.07) is 14.3. The lowest BCUT2D eigenvalue weighted by Gasteiger charge is -2.34. The van der Waals surface area contributed by atoms with E-state index in [0.29, 0.717) is 12.1 Å². The summed E-state index contributed by atoms with van der Waals surface area (Å²) >= 11 is 0. The van der Waals surface area contributed by atoms with Crippen LogP contribution in [-0.2, 0) is 26.2 Å². The molecule has 1 atom stereocenters. The van der Waals surface area contributed by atoms with Gasteiger partial charge in [0.25, 0.3) is 0 Å². The molecule has 36 heavy (non-hydrogen) atoms. The Bertz CT molecular complexity index is 1120. The molecular weight excluding hydrogens is 474 g/mol. The highest BCUT2D eigenvalue weighted by molar-refractivity contribution is 7.92. The van der Waals surface area contributed by atoms with E-state index in [9.17, 15) is 18.0 Å². The van der Waals surface area contributed by atoms with Gasteiger partial charge in [0.1, 0.15) is 12.6 Å². The van der Waals surface area contributed by atoms with Crippen LogP contribution in [0, 0.1) is 13.8 Å². The second-order valence-corrected chi connectivity index (χ2v) is 11.8. The lowest BCUT2D eigenvalue weighted by atomic mass is 9.95. The van der Waals surface area contributed by atoms with Gasteiger partial charge in [0.15, 0.2) is 0 Å². The van der Waals surface area contributed by atoms with E-state index in [0.717, 1.165) is 52.9 Å². The Hall–Kier alpha value is -2.87. The van der Waals surface area contributed by atoms with Gasteiger partial charge in [-0.3, -0.25) is 13.9 Å². The molecule has 1 saturated carbocycles. The number of hydrogen-bond donors (Lipinski definition) is 1. The topological polar surface area (TPSA) is 86.8 Å². The first-order valence-corrected chi connectivity index (χ1v) is 14.6. The molecule has 0 spiro atoms. The Kier molecular flexibility index (Phi) is 9.54. The summed E-state index contributed by atoms with van der Waals surface area (Å²) < 4.78 is 26.5. The molecule has 2 aromatic rings. The predicted octanol–water partition coefficient (Wildman–Crippen LogP) is 4.33. The van der Waals surface area contributed by atoms with Crippen molar-refractivity contribution >= 4 is 27.5 Å². The molecule has 196 valence electrons. The van der Waals surface area contributed by atoms with Gasteiger partial charge in [-0.15, -0.1) is 0 Å². The van der Waals surface area contributed by atoms with E-state index >= 15 is 0 Å². The van der Waals surface area contributed by atoms with E-state index in [-0.39, 0.29) is 25.0 Å². The van der Waals surface area contributed by atoms with E-state index in [1.54, 1.807) is 12.1 Å². The monoisotopic (exact) mass is 513 g/mol. The minimum absolute atomic E-state index is 0.122. The quantitative estimate of drug-likeness (QED) is 0.512. The number of aryl methyl sites for hydroxylation is 2. The van der Waals surface area contributed by atoms with Crippen LogP contribution >= 0.6 is 0 Å². The van der Waals surface area contributed by atoms with Crippen LogP contribution in [0.3, 0.4) is 0 Å². The number of anilines is 1. The summed E-state index contributed by atoms with van der Waals surface area (Å²) in [7, 11) is -3.73. The van der Waals surface area contributed by atoms with Crippen LogP contribution in [0.4, 0.5) is 5.69 Å². The van der Waals surface area contributed by atoms with E-state index in [2.05, 4.69) is 5.32 Å². The highest BCUT2D eigenvalue weighted by Gasteiger charge is 2.32. The fourth-order valence-corrected chi connectivity index (χ4v) is 5.53. The molecule has 1 aliphatic rings. The van der Waals surface area contributed by atoms with Crippen LogP contribution in [0.25, 0.3) is 0 Å². The first kappa shape index (κ1) is 27.7. The Morgan fingerprint density at radius 1 is 0.944 bits per heavy atom. The lowest BCUT2D eigenvalue weighted by Crippen LogP contribution is -2.53. The van der Waals surface area contributed by atoms with E-state index in [4.69, 9.17) is 0 Å². The number of carbonyl (C=O) groups excluding carboxylic acids is 2. The van der Waals surface area contributed by atoms with Gasteiger partial charge in [0.05, 0.1) is 11.9 Å². The molecule has 3 rings (SSSR count). The van der Waals surface area contributed by atoms with Crippen molar-refractivity contribution < 1.29 is 18.0 Å². The molecule has 1 fully saturated rings. The smallest absolute Gasteiger partial charge is 0.244 e. The van der Waals surface area contributed by atoms with Crippen molar-refractivity contribution in [3.8, 4) is 0 Å². The maximum absolute atomic E-state index is 13.7. The molecular formula is C28H39N3O4S. The Balaban J connectivity index is 1.89. The van der Waals surface area contributed by atoms with Gasteiger partial charge in [-0.25, -0.2) is 8.42 Å². The summed E-state index contributed by atoms with van der Waals surface area (Å²) in [5, 5.41) is 3.16. The number of benzene rings is 2. The Labute approximate surface area is 215 Å². The van der Waals surface area contributed by atoms with Crippen LogP contribution in [0.2, 0.25) is 0 Å². The number of hydrogen-bond acceptors (Lipinski definition) is 4. The first-order valence-electron chi connectivity index (χ1n) is 12.8. The van der Waals surface area contributed by atoms with Crippen LogP contribution in [0.15, 0.2) is 48.5 Å². The van der Waals surface area contributed by atoms with Crippen LogP contribution in [0.5, 0.6) is 0 Å². The van der Waals surface area contributed by atoms with Gasteiger partial charge in [0, 0.05) is 12.6 Å². The fraction of sp³-hybridized carbons (Fsp3) is 0.500. The third-order valence-corrected chi connectivity index (χ3v) is 7.95. The highest BCUT2D eigenvalue weighted by Crippen LogP contribution is 2.22. The van der Waals surface area contributed by atoms with Crippen molar-refractivity contribution in [2.75, 3.05) is 17.1 Å². The molecule has 0 aliphatic heterocycles. The third kappa shape index (κ3) is 7.56. The molecule has 2 aromatic carbocycles. The predicted molar refractivity (Wildman–Crippen MR) is 144 cm³/mol. The van der Waals surface area contributed by atoms with Crippen molar-refractivity contribution in [2.24, 2.45) is 0 Å². The van der Waals surface area contributed by atoms with Gasteiger partial charge in [0.2, 0.25) is 21.8 Å². The number of nitrogens with one attached hydrogen (secondary N) is 1. The number of sulfonamides is 1. The highest BCUT2D eigenvalue weighted by atomic mass is 32.2. The lowest BCUT2D eigenvalue weighted by molar-refractivity contribution is -0.140. The van der Waals surface area contributed by atoms with Crippen molar-refractivity contribution in [3.63, 3.8) is 0 Å². The van der Waals surface area contributed by atoms with Crippen LogP contribution in [0.1, 0.15) is 62.1 Å². The molecule has 7 nitrogen and oxygen atoms in total. The second-order valence-electron chi connectivity index (χ2n) is 9.88. The Morgan fingerprint density at radius 2 is 1.50 bits per heavy atom. The summed E-state index contributed by atoms with van der Waals surface area (Å²) in [5.74, 6) is -0.585. The zero-order valence-electron chi connectivity index (χ0n) is 21.9. The standard InChI is InChI=1S/C28H39N3O4S/c1-5-26(28(33)29-24-9-7-6-8-10-24)30(19-23-15-11-21(2)12-16-23)27(32)20-31(36(4,34)35)25-17-13-22(3)14-18-25/h11-18,24,26H,5-10,19-20H2,1-4H3,(H,29,33). The van der Waals surface area contributed by atoms with Gasteiger partial charge in [-0.1, -0.05) is 73.7 Å². The van der Waals surface area contributed by atoms with Gasteiger partial charge in [-0.2, -0.15) is 0 Å². The molecule has 0 saturated heterocycles. The van der Waals surface area contributed by atoms with Gasteiger partial charge >= 0.3 is 0 Å². The zero-order chi connectivity index (χ0) is 26.3. The fourth-order valence-electron chi connectivity index (χ4n) is 4.68. The second kappa shape index (κ2) is 12.4. The van der Waals surface area contributed by atoms with E-state index in [1.807, 2.05) is 57.2 Å². The average Bonchev–Trinajstić information content (AvgIpc) is 2.84. The van der Waals surface area contributed by atoms with Crippen molar-refractivity contribution in [1.82, 2.24) is 10.2 Å². The van der Waals surface area contributed by atoms with Crippen molar-refractivity contribution in [1.29, 1.82) is 0 Å². The third-order valence-electron chi connectivity index (χ3n) is 6.81. The summed E-state index contributed by atoms with van der Waals surface area (Å²) in [5.41, 5.74) is 3.40. The molecule has 2 amide bonds. The minimum Gasteiger partial charge on any atom is -0.352 e. The molecule has 0 aromatic heterocycles. The molecule has 1 aliphatic carbocycles. The van der Waals surface area contributed by atoms with Gasteiger partial charge in [-0.05, 0) is 50.8 Å². The SMILES string of the molecule is CCC(C(=O)NC1CCCCC1)N(Cc1ccc(C)cc1)C(=O)CN(c1ccc(C)cc1)S(C)(=O)=O. The number of carbonyl (C=O) groups is 2. The van der Waals surface area contributed by atoms with Crippen molar-refractivity contribution in [3.05, 3.63) is 65.2 Å². The molecule has 1 N–H and O–H groups in total. The average molecular weight is 514 g/mol. The summed E-state index contributed by atoms with van der Waals surface area (Å²) in [6.45, 7) is 5.64. The maximum atomic E-state index is 13.7. The van der Waals surface area contributed by atoms with Crippen LogP contribution in [-0.4, -0.2) is 50.0 Å². The minimum atomic E-state index is -3.73. The maximum Gasteiger partial charge on any atom is 0.244 e. The zero-order valence-corrected chi connectivity index (χ0v) is 22.7. The summed E-state index contributed by atoms with van der Waals surface area (Å²) in [6.07, 6.45) is 6.78. The molecule has 1 unspecified atom stereocenters. The largest absolute Gasteiger partial charge is 0.352 e. The van der Waals surface area contributed by atoms with Crippen LogP contribution < -0.4 is 9.62 Å². The van der Waals surface area contributed by atoms with Crippen molar-refractivity contribution in [2.45, 2.75) is 77.9 Å². The molecule has 8 heteroatoms. The molecule has 0 heterocycles. The first-order chi connectivity index (χ1) is 17.1. The number of amides is 2. The normalized spacial score (nSPS) is 15.2. The molecule has 0 bridgehead atoms. The summed E-state index contributed by atoms with van der Waals surface area (Å²) in [4.78, 5) is 28.7. The number of nitrogens with zero attached hydrogens (tertiary/aromatic N) is 2. The van der Waals surface area contributed by atoms with E-state index in [1.165, 1.54) is 11.3 Å².